The Morgan fingerprint density at radius 1 is 1.20 bits per heavy atom. The minimum Gasteiger partial charge on any atom is -0.301 e. The van der Waals surface area contributed by atoms with E-state index in [0.717, 1.165) is 6.29 Å². The maximum absolute atomic E-state index is 10.8. The van der Waals surface area contributed by atoms with Gasteiger partial charge in [0, 0.05) is 18.9 Å². The lowest BCUT2D eigenvalue weighted by atomic mass is 10.2. The molecule has 0 aliphatic carbocycles. The number of hydrogen-bond acceptors (Lipinski definition) is 5. The molecular weight excluding hydrogens is 196 g/mol. The summed E-state index contributed by atoms with van der Waals surface area (Å²) in [6.45, 7) is 0.628. The maximum atomic E-state index is 10.8. The minimum atomic E-state index is -0.295. The first-order valence-electron chi connectivity index (χ1n) is 4.55. The number of carbonyl (C=O) groups excluding carboxylic acids is 1. The summed E-state index contributed by atoms with van der Waals surface area (Å²) in [6, 6.07) is -0.295. The molecule has 0 radical (unpaired) electrons. The molecule has 0 aromatic carbocycles. The number of hydrogen-bond donors (Lipinski definition) is 0. The van der Waals surface area contributed by atoms with E-state index in [0.29, 0.717) is 13.0 Å². The van der Waals surface area contributed by atoms with E-state index in [1.54, 1.807) is 29.5 Å². The van der Waals surface area contributed by atoms with E-state index in [4.69, 9.17) is 0 Å². The van der Waals surface area contributed by atoms with Crippen molar-refractivity contribution in [3.63, 3.8) is 0 Å². The van der Waals surface area contributed by atoms with E-state index >= 15 is 0 Å². The molecule has 0 bridgehead atoms. The fourth-order valence-electron chi connectivity index (χ4n) is 1.27. The second-order valence-corrected chi connectivity index (χ2v) is 3.04. The Morgan fingerprint density at radius 3 is 2.60 bits per heavy atom. The van der Waals surface area contributed by atoms with E-state index in [-0.39, 0.29) is 6.04 Å². The molecule has 0 N–H and O–H groups in total. The molecule has 7 heteroatoms. The van der Waals surface area contributed by atoms with E-state index in [9.17, 15) is 4.79 Å². The molecule has 7 nitrogen and oxygen atoms in total. The smallest absolute Gasteiger partial charge is 0.144 e. The second-order valence-electron chi connectivity index (χ2n) is 3.04. The Balaban J connectivity index is 1.95. The molecule has 1 atom stereocenters. The van der Waals surface area contributed by atoms with Crippen LogP contribution in [0.3, 0.4) is 0 Å². The number of aryl methyl sites for hydroxylation is 1. The van der Waals surface area contributed by atoms with Gasteiger partial charge in [0.2, 0.25) is 0 Å². The average Bonchev–Trinajstić information content (AvgIpc) is 2.90. The molecule has 0 aliphatic rings. The molecule has 0 saturated heterocycles. The molecule has 2 aromatic rings. The van der Waals surface area contributed by atoms with Crippen molar-refractivity contribution in [3.05, 3.63) is 24.8 Å². The summed E-state index contributed by atoms with van der Waals surface area (Å²) < 4.78 is 3.21. The summed E-state index contributed by atoms with van der Waals surface area (Å²) in [6.07, 6.45) is 8.04. The van der Waals surface area contributed by atoms with Crippen LogP contribution in [0, 0.1) is 0 Å². The number of nitrogens with zero attached hydrogens (tertiary/aromatic N) is 6. The van der Waals surface area contributed by atoms with Gasteiger partial charge >= 0.3 is 0 Å². The maximum Gasteiger partial charge on any atom is 0.144 e. The average molecular weight is 206 g/mol. The van der Waals surface area contributed by atoms with Crippen LogP contribution in [0.4, 0.5) is 0 Å². The van der Waals surface area contributed by atoms with Crippen molar-refractivity contribution in [1.82, 2.24) is 30.0 Å². The molecule has 15 heavy (non-hydrogen) atoms. The third kappa shape index (κ3) is 2.25. The molecule has 2 heterocycles. The van der Waals surface area contributed by atoms with Crippen molar-refractivity contribution in [2.75, 3.05) is 0 Å². The van der Waals surface area contributed by atoms with Gasteiger partial charge in [-0.1, -0.05) is 10.4 Å². The van der Waals surface area contributed by atoms with Crippen molar-refractivity contribution >= 4 is 6.29 Å². The van der Waals surface area contributed by atoms with Crippen LogP contribution in [0.15, 0.2) is 24.8 Å². The number of aromatic nitrogens is 6. The Morgan fingerprint density at radius 2 is 2.00 bits per heavy atom. The minimum absolute atomic E-state index is 0.295. The first-order chi connectivity index (χ1) is 7.40. The van der Waals surface area contributed by atoms with Crippen LogP contribution >= 0.6 is 0 Å². The first-order valence-corrected chi connectivity index (χ1v) is 4.55. The number of rotatable bonds is 5. The molecule has 2 aromatic heterocycles. The SMILES string of the molecule is O=CC(CCn1ccnn1)n1ccnn1. The standard InChI is InChI=1S/C8H10N6O/c15-7-8(14-6-3-10-12-14)1-4-13-5-2-9-11-13/h2-3,5-8H,1,4H2. The van der Waals surface area contributed by atoms with Gasteiger partial charge in [0.15, 0.2) is 0 Å². The molecular formula is C8H10N6O. The third-order valence-electron chi connectivity index (χ3n) is 2.06. The van der Waals surface area contributed by atoms with Gasteiger partial charge in [-0.15, -0.1) is 10.2 Å². The third-order valence-corrected chi connectivity index (χ3v) is 2.06. The van der Waals surface area contributed by atoms with Crippen molar-refractivity contribution < 1.29 is 4.79 Å². The monoisotopic (exact) mass is 206 g/mol. The molecule has 78 valence electrons. The van der Waals surface area contributed by atoms with Crippen molar-refractivity contribution in [3.8, 4) is 0 Å². The molecule has 1 unspecified atom stereocenters. The highest BCUT2D eigenvalue weighted by atomic mass is 16.1. The molecule has 0 aliphatic heterocycles. The Kier molecular flexibility index (Phi) is 2.82. The van der Waals surface area contributed by atoms with Crippen LogP contribution in [-0.2, 0) is 11.3 Å². The van der Waals surface area contributed by atoms with Gasteiger partial charge in [0.1, 0.15) is 12.3 Å². The van der Waals surface area contributed by atoms with Crippen LogP contribution in [-0.4, -0.2) is 36.3 Å². The molecule has 0 spiro atoms. The summed E-state index contributed by atoms with van der Waals surface area (Å²) in [4.78, 5) is 10.8. The summed E-state index contributed by atoms with van der Waals surface area (Å²) in [7, 11) is 0. The highest BCUT2D eigenvalue weighted by Crippen LogP contribution is 2.06. The molecule has 0 saturated carbocycles. The quantitative estimate of drug-likeness (QED) is 0.627. The molecule has 0 fully saturated rings. The largest absolute Gasteiger partial charge is 0.301 e. The van der Waals surface area contributed by atoms with Gasteiger partial charge in [0.25, 0.3) is 0 Å². The van der Waals surface area contributed by atoms with E-state index in [2.05, 4.69) is 20.6 Å². The zero-order chi connectivity index (χ0) is 10.5. The van der Waals surface area contributed by atoms with Crippen LogP contribution < -0.4 is 0 Å². The number of aldehydes is 1. The number of carbonyl (C=O) groups is 1. The normalized spacial score (nSPS) is 12.5. The van der Waals surface area contributed by atoms with Crippen LogP contribution in [0.25, 0.3) is 0 Å². The lowest BCUT2D eigenvalue weighted by Gasteiger charge is -2.08. The Hall–Kier alpha value is -2.05. The second kappa shape index (κ2) is 4.45. The van der Waals surface area contributed by atoms with Crippen LogP contribution in [0.5, 0.6) is 0 Å². The fourth-order valence-corrected chi connectivity index (χ4v) is 1.27. The highest BCUT2D eigenvalue weighted by molar-refractivity contribution is 5.55. The zero-order valence-electron chi connectivity index (χ0n) is 7.97. The van der Waals surface area contributed by atoms with Crippen molar-refractivity contribution in [1.29, 1.82) is 0 Å². The highest BCUT2D eigenvalue weighted by Gasteiger charge is 2.10. The van der Waals surface area contributed by atoms with Gasteiger partial charge in [0.05, 0.1) is 12.4 Å². The van der Waals surface area contributed by atoms with E-state index in [1.807, 2.05) is 0 Å². The molecule has 2 rings (SSSR count). The fraction of sp³-hybridized carbons (Fsp3) is 0.375. The van der Waals surface area contributed by atoms with Crippen molar-refractivity contribution in [2.45, 2.75) is 19.0 Å². The summed E-state index contributed by atoms with van der Waals surface area (Å²) in [5.74, 6) is 0. The van der Waals surface area contributed by atoms with Gasteiger partial charge < -0.3 is 4.79 Å². The lowest BCUT2D eigenvalue weighted by molar-refractivity contribution is -0.111. The summed E-state index contributed by atoms with van der Waals surface area (Å²) in [5, 5.41) is 14.9. The van der Waals surface area contributed by atoms with Gasteiger partial charge in [-0.2, -0.15) is 0 Å². The zero-order valence-corrected chi connectivity index (χ0v) is 7.97. The predicted molar refractivity (Wildman–Crippen MR) is 49.8 cm³/mol. The van der Waals surface area contributed by atoms with Gasteiger partial charge in [-0.25, -0.2) is 4.68 Å². The first kappa shape index (κ1) is 9.50. The van der Waals surface area contributed by atoms with Crippen LogP contribution in [0.2, 0.25) is 0 Å². The van der Waals surface area contributed by atoms with E-state index in [1.165, 1.54) is 4.68 Å². The lowest BCUT2D eigenvalue weighted by Crippen LogP contribution is -2.14. The van der Waals surface area contributed by atoms with E-state index < -0.39 is 0 Å². The van der Waals surface area contributed by atoms with Crippen molar-refractivity contribution in [2.24, 2.45) is 0 Å². The Bertz CT molecular complexity index is 395. The van der Waals surface area contributed by atoms with Gasteiger partial charge in [-0.05, 0) is 6.42 Å². The Labute approximate surface area is 85.7 Å². The predicted octanol–water partition coefficient (Wildman–Crippen LogP) is -0.300. The summed E-state index contributed by atoms with van der Waals surface area (Å²) in [5.41, 5.74) is 0. The summed E-state index contributed by atoms with van der Waals surface area (Å²) >= 11 is 0. The topological polar surface area (TPSA) is 78.5 Å². The molecule has 0 amide bonds. The van der Waals surface area contributed by atoms with Gasteiger partial charge in [-0.3, -0.25) is 4.68 Å². The van der Waals surface area contributed by atoms with Crippen LogP contribution in [0.1, 0.15) is 12.5 Å².